The molecule has 0 fully saturated rings. The highest BCUT2D eigenvalue weighted by atomic mass is 19.1. The molecule has 0 atom stereocenters. The summed E-state index contributed by atoms with van der Waals surface area (Å²) in [7, 11) is 0. The third-order valence-electron chi connectivity index (χ3n) is 1.93. The van der Waals surface area contributed by atoms with Crippen molar-refractivity contribution in [2.75, 3.05) is 0 Å². The number of benzene rings is 1. The Labute approximate surface area is 81.6 Å². The number of rotatable bonds is 0. The van der Waals surface area contributed by atoms with Crippen molar-refractivity contribution in [3.05, 3.63) is 41.8 Å². The minimum absolute atomic E-state index is 0.244. The second-order valence-electron chi connectivity index (χ2n) is 2.88. The first-order chi connectivity index (χ1) is 6.81. The summed E-state index contributed by atoms with van der Waals surface area (Å²) in [5.74, 6) is 5.35. The molecule has 0 saturated heterocycles. The summed E-state index contributed by atoms with van der Waals surface area (Å²) in [5.41, 5.74) is 1.32. The van der Waals surface area contributed by atoms with Gasteiger partial charge in [0.25, 0.3) is 0 Å². The van der Waals surface area contributed by atoms with Crippen molar-refractivity contribution in [3.8, 4) is 11.8 Å². The van der Waals surface area contributed by atoms with Gasteiger partial charge in [-0.25, -0.2) is 9.37 Å². The molecule has 2 rings (SSSR count). The van der Waals surface area contributed by atoms with E-state index in [-0.39, 0.29) is 5.82 Å². The molecule has 1 aromatic heterocycles. The van der Waals surface area contributed by atoms with E-state index in [0.717, 1.165) is 0 Å². The smallest absolute Gasteiger partial charge is 0.132 e. The first kappa shape index (κ1) is 8.71. The normalized spacial score (nSPS) is 9.57. The van der Waals surface area contributed by atoms with Crippen molar-refractivity contribution in [2.45, 2.75) is 6.92 Å². The van der Waals surface area contributed by atoms with Crippen LogP contribution < -0.4 is 0 Å². The lowest BCUT2D eigenvalue weighted by Crippen LogP contribution is -1.86. The Morgan fingerprint density at radius 1 is 1.21 bits per heavy atom. The molecule has 2 heteroatoms. The Hall–Kier alpha value is -1.88. The van der Waals surface area contributed by atoms with Crippen LogP contribution in [-0.4, -0.2) is 4.98 Å². The number of hydrogen-bond acceptors (Lipinski definition) is 1. The standard InChI is InChI=1S/C12H8FN/c1-2-4-9-7-8-10-11(13)5-3-6-12(10)14-9/h3,5-8H,1H3. The van der Waals surface area contributed by atoms with Gasteiger partial charge in [0.15, 0.2) is 0 Å². The summed E-state index contributed by atoms with van der Waals surface area (Å²) in [6.07, 6.45) is 0. The van der Waals surface area contributed by atoms with E-state index in [0.29, 0.717) is 16.6 Å². The second kappa shape index (κ2) is 3.47. The number of fused-ring (bicyclic) bond motifs is 1. The Morgan fingerprint density at radius 2 is 2.07 bits per heavy atom. The maximum atomic E-state index is 13.2. The van der Waals surface area contributed by atoms with E-state index in [1.54, 1.807) is 31.2 Å². The molecule has 0 spiro atoms. The number of nitrogens with zero attached hydrogens (tertiary/aromatic N) is 1. The Bertz CT molecular complexity index is 535. The van der Waals surface area contributed by atoms with Crippen molar-refractivity contribution >= 4 is 10.9 Å². The number of halogens is 1. The Balaban J connectivity index is 2.71. The van der Waals surface area contributed by atoms with Gasteiger partial charge < -0.3 is 0 Å². The molecule has 0 N–H and O–H groups in total. The van der Waals surface area contributed by atoms with Gasteiger partial charge in [0.1, 0.15) is 11.5 Å². The lowest BCUT2D eigenvalue weighted by molar-refractivity contribution is 0.639. The van der Waals surface area contributed by atoms with Crippen LogP contribution in [0.25, 0.3) is 10.9 Å². The van der Waals surface area contributed by atoms with E-state index in [1.807, 2.05) is 0 Å². The SMILES string of the molecule is CC#Cc1ccc2c(F)cccc2n1. The molecule has 0 saturated carbocycles. The zero-order chi connectivity index (χ0) is 9.97. The number of pyridine rings is 1. The number of hydrogen-bond donors (Lipinski definition) is 0. The fraction of sp³-hybridized carbons (Fsp3) is 0.0833. The van der Waals surface area contributed by atoms with Gasteiger partial charge in [0.05, 0.1) is 5.52 Å². The molecule has 0 bridgehead atoms. The van der Waals surface area contributed by atoms with Crippen molar-refractivity contribution in [1.29, 1.82) is 0 Å². The van der Waals surface area contributed by atoms with Crippen molar-refractivity contribution in [1.82, 2.24) is 4.98 Å². The van der Waals surface area contributed by atoms with Crippen LogP contribution in [0.1, 0.15) is 12.6 Å². The van der Waals surface area contributed by atoms with Gasteiger partial charge in [0.2, 0.25) is 0 Å². The Morgan fingerprint density at radius 3 is 2.86 bits per heavy atom. The molecule has 0 unspecified atom stereocenters. The molecule has 1 heterocycles. The summed E-state index contributed by atoms with van der Waals surface area (Å²) in [6, 6.07) is 8.28. The van der Waals surface area contributed by atoms with E-state index in [2.05, 4.69) is 16.8 Å². The van der Waals surface area contributed by atoms with E-state index in [4.69, 9.17) is 0 Å². The fourth-order valence-electron chi connectivity index (χ4n) is 1.32. The monoisotopic (exact) mass is 185 g/mol. The summed E-state index contributed by atoms with van der Waals surface area (Å²) >= 11 is 0. The lowest BCUT2D eigenvalue weighted by atomic mass is 10.2. The van der Waals surface area contributed by atoms with E-state index >= 15 is 0 Å². The van der Waals surface area contributed by atoms with E-state index in [1.165, 1.54) is 6.07 Å². The average Bonchev–Trinajstić information content (AvgIpc) is 2.18. The van der Waals surface area contributed by atoms with Crippen molar-refractivity contribution < 1.29 is 4.39 Å². The highest BCUT2D eigenvalue weighted by molar-refractivity contribution is 5.79. The molecule has 2 aromatic rings. The van der Waals surface area contributed by atoms with Gasteiger partial charge in [-0.15, -0.1) is 0 Å². The van der Waals surface area contributed by atoms with Gasteiger partial charge in [-0.3, -0.25) is 0 Å². The molecule has 1 nitrogen and oxygen atoms in total. The summed E-state index contributed by atoms with van der Waals surface area (Å²) in [6.45, 7) is 1.75. The van der Waals surface area contributed by atoms with Gasteiger partial charge in [-0.1, -0.05) is 12.0 Å². The number of aromatic nitrogens is 1. The minimum Gasteiger partial charge on any atom is -0.239 e. The molecular formula is C12H8FN. The van der Waals surface area contributed by atoms with Crippen LogP contribution >= 0.6 is 0 Å². The molecule has 1 aromatic carbocycles. The molecule has 0 aliphatic rings. The third-order valence-corrected chi connectivity index (χ3v) is 1.93. The third kappa shape index (κ3) is 1.45. The van der Waals surface area contributed by atoms with E-state index < -0.39 is 0 Å². The lowest BCUT2D eigenvalue weighted by Gasteiger charge is -1.98. The topological polar surface area (TPSA) is 12.9 Å². The average molecular weight is 185 g/mol. The fourth-order valence-corrected chi connectivity index (χ4v) is 1.32. The molecular weight excluding hydrogens is 177 g/mol. The van der Waals surface area contributed by atoms with Crippen LogP contribution in [0, 0.1) is 17.7 Å². The van der Waals surface area contributed by atoms with Crippen LogP contribution in [-0.2, 0) is 0 Å². The Kier molecular flexibility index (Phi) is 2.16. The van der Waals surface area contributed by atoms with Gasteiger partial charge in [-0.05, 0) is 37.1 Å². The van der Waals surface area contributed by atoms with Crippen LogP contribution in [0.3, 0.4) is 0 Å². The molecule has 14 heavy (non-hydrogen) atoms. The minimum atomic E-state index is -0.244. The van der Waals surface area contributed by atoms with Gasteiger partial charge in [-0.2, -0.15) is 0 Å². The quantitative estimate of drug-likeness (QED) is 0.575. The zero-order valence-electron chi connectivity index (χ0n) is 7.71. The van der Waals surface area contributed by atoms with Crippen LogP contribution in [0.5, 0.6) is 0 Å². The van der Waals surface area contributed by atoms with Crippen molar-refractivity contribution in [3.63, 3.8) is 0 Å². The summed E-state index contributed by atoms with van der Waals surface area (Å²) in [5, 5.41) is 0.536. The molecule has 0 aliphatic carbocycles. The molecule has 0 radical (unpaired) electrons. The highest BCUT2D eigenvalue weighted by Gasteiger charge is 2.00. The maximum absolute atomic E-state index is 13.2. The molecule has 0 amide bonds. The van der Waals surface area contributed by atoms with Crippen LogP contribution in [0.2, 0.25) is 0 Å². The van der Waals surface area contributed by atoms with E-state index in [9.17, 15) is 4.39 Å². The van der Waals surface area contributed by atoms with Gasteiger partial charge in [0, 0.05) is 5.39 Å². The molecule has 0 aliphatic heterocycles. The first-order valence-corrected chi connectivity index (χ1v) is 4.29. The van der Waals surface area contributed by atoms with Crippen molar-refractivity contribution in [2.24, 2.45) is 0 Å². The highest BCUT2D eigenvalue weighted by Crippen LogP contribution is 2.15. The van der Waals surface area contributed by atoms with Gasteiger partial charge >= 0.3 is 0 Å². The molecule has 68 valence electrons. The predicted octanol–water partition coefficient (Wildman–Crippen LogP) is 2.75. The summed E-state index contributed by atoms with van der Waals surface area (Å²) in [4.78, 5) is 4.21. The second-order valence-corrected chi connectivity index (χ2v) is 2.88. The van der Waals surface area contributed by atoms with Crippen LogP contribution in [0.4, 0.5) is 4.39 Å². The van der Waals surface area contributed by atoms with Crippen LogP contribution in [0.15, 0.2) is 30.3 Å². The first-order valence-electron chi connectivity index (χ1n) is 4.29. The largest absolute Gasteiger partial charge is 0.239 e. The summed E-state index contributed by atoms with van der Waals surface area (Å²) < 4.78 is 13.2. The maximum Gasteiger partial charge on any atom is 0.132 e. The zero-order valence-corrected chi connectivity index (χ0v) is 7.71. The predicted molar refractivity (Wildman–Crippen MR) is 54.3 cm³/mol.